The van der Waals surface area contributed by atoms with Crippen LogP contribution in [0.1, 0.15) is 11.3 Å². The highest BCUT2D eigenvalue weighted by molar-refractivity contribution is 5.87. The highest BCUT2D eigenvalue weighted by Crippen LogP contribution is 2.38. The maximum absolute atomic E-state index is 13.8. The number of halogens is 4. The summed E-state index contributed by atoms with van der Waals surface area (Å²) in [5.41, 5.74) is -0.420. The smallest absolute Gasteiger partial charge is 0.258 e. The third kappa shape index (κ3) is 3.36. The Morgan fingerprint density at radius 2 is 1.67 bits per heavy atom. The van der Waals surface area contributed by atoms with Crippen LogP contribution in [-0.2, 0) is 6.18 Å². The molecular weight excluding hydrogens is 404 g/mol. The van der Waals surface area contributed by atoms with Crippen LogP contribution in [0.5, 0.6) is 0 Å². The number of nitrogens with zero attached hydrogens (tertiary/aromatic N) is 4. The number of aromatic nitrogens is 3. The van der Waals surface area contributed by atoms with E-state index in [1.165, 1.54) is 48.0 Å². The minimum Gasteiger partial charge on any atom is -0.258 e. The lowest BCUT2D eigenvalue weighted by Crippen LogP contribution is -2.08. The van der Waals surface area contributed by atoms with Crippen LogP contribution in [0.2, 0.25) is 0 Å². The van der Waals surface area contributed by atoms with Gasteiger partial charge in [-0.25, -0.2) is 14.1 Å². The monoisotopic (exact) mass is 416 g/mol. The first-order chi connectivity index (χ1) is 14.1. The summed E-state index contributed by atoms with van der Waals surface area (Å²) in [4.78, 5) is 14.6. The van der Waals surface area contributed by atoms with Gasteiger partial charge in [-0.1, -0.05) is 0 Å². The first-order valence-electron chi connectivity index (χ1n) is 8.63. The molecule has 0 unspecified atom stereocenters. The summed E-state index contributed by atoms with van der Waals surface area (Å²) in [7, 11) is 0. The molecule has 0 spiro atoms. The fourth-order valence-corrected chi connectivity index (χ4v) is 3.18. The average molecular weight is 416 g/mol. The van der Waals surface area contributed by atoms with E-state index in [1.54, 1.807) is 0 Å². The number of non-ortho nitro benzene ring substituents is 1. The van der Waals surface area contributed by atoms with Crippen molar-refractivity contribution in [3.63, 3.8) is 0 Å². The fourth-order valence-electron chi connectivity index (χ4n) is 3.18. The molecule has 0 atom stereocenters. The van der Waals surface area contributed by atoms with Gasteiger partial charge in [0.2, 0.25) is 0 Å². The number of benzene rings is 2. The Bertz CT molecular complexity index is 1260. The zero-order chi connectivity index (χ0) is 21.6. The van der Waals surface area contributed by atoms with Gasteiger partial charge in [0.25, 0.3) is 5.69 Å². The molecule has 0 amide bonds. The molecule has 2 aromatic heterocycles. The zero-order valence-corrected chi connectivity index (χ0v) is 15.3. The van der Waals surface area contributed by atoms with E-state index in [1.807, 2.05) is 0 Å². The van der Waals surface area contributed by atoms with Gasteiger partial charge in [0.15, 0.2) is 5.65 Å². The minimum absolute atomic E-state index is 0.00196. The number of rotatable bonds is 3. The van der Waals surface area contributed by atoms with Gasteiger partial charge >= 0.3 is 6.18 Å². The molecule has 0 saturated carbocycles. The van der Waals surface area contributed by atoms with E-state index < -0.39 is 22.5 Å². The van der Waals surface area contributed by atoms with Crippen molar-refractivity contribution >= 4 is 16.7 Å². The summed E-state index contributed by atoms with van der Waals surface area (Å²) < 4.78 is 55.9. The lowest BCUT2D eigenvalue weighted by Gasteiger charge is -2.12. The number of hydrogen-bond acceptors (Lipinski definition) is 4. The Morgan fingerprint density at radius 1 is 1.03 bits per heavy atom. The number of fused-ring (bicyclic) bond motifs is 1. The van der Waals surface area contributed by atoms with E-state index in [4.69, 9.17) is 0 Å². The Morgan fingerprint density at radius 3 is 2.23 bits per heavy atom. The summed E-state index contributed by atoms with van der Waals surface area (Å²) in [6.07, 6.45) is -4.68. The van der Waals surface area contributed by atoms with Crippen molar-refractivity contribution in [3.8, 4) is 16.9 Å². The molecule has 4 aromatic rings. The highest BCUT2D eigenvalue weighted by atomic mass is 19.4. The van der Waals surface area contributed by atoms with Gasteiger partial charge in [-0.05, 0) is 49.4 Å². The molecule has 0 aliphatic rings. The lowest BCUT2D eigenvalue weighted by atomic mass is 10.1. The first kappa shape index (κ1) is 19.5. The third-order valence-corrected chi connectivity index (χ3v) is 4.56. The molecule has 30 heavy (non-hydrogen) atoms. The van der Waals surface area contributed by atoms with E-state index in [-0.39, 0.29) is 28.1 Å². The summed E-state index contributed by atoms with van der Waals surface area (Å²) >= 11 is 0. The molecule has 0 fully saturated rings. The standard InChI is InChI=1S/C20H12F4N4O2/c1-11-18-16(20(22,23)24)10-17(12-2-4-13(21)5-3-12)25-19(18)27(26-11)14-6-8-15(9-7-14)28(29)30/h2-10H,1H3. The van der Waals surface area contributed by atoms with Gasteiger partial charge in [0.1, 0.15) is 5.82 Å². The second-order valence-electron chi connectivity index (χ2n) is 6.53. The maximum Gasteiger partial charge on any atom is 0.417 e. The Kier molecular flexibility index (Phi) is 4.49. The molecule has 0 radical (unpaired) electrons. The summed E-state index contributed by atoms with van der Waals surface area (Å²) in [5.74, 6) is -0.525. The molecule has 152 valence electrons. The molecule has 0 aliphatic carbocycles. The largest absolute Gasteiger partial charge is 0.417 e. The van der Waals surface area contributed by atoms with Crippen LogP contribution in [0.25, 0.3) is 28.0 Å². The molecule has 4 rings (SSSR count). The van der Waals surface area contributed by atoms with Crippen molar-refractivity contribution in [1.82, 2.24) is 14.8 Å². The number of nitro benzene ring substituents is 1. The number of pyridine rings is 1. The van der Waals surface area contributed by atoms with Crippen LogP contribution in [-0.4, -0.2) is 19.7 Å². The average Bonchev–Trinajstić information content (AvgIpc) is 3.04. The first-order valence-corrected chi connectivity index (χ1v) is 8.63. The van der Waals surface area contributed by atoms with Gasteiger partial charge in [-0.2, -0.15) is 18.3 Å². The Labute approximate surface area is 166 Å². The number of aryl methyl sites for hydroxylation is 1. The van der Waals surface area contributed by atoms with Crippen LogP contribution >= 0.6 is 0 Å². The minimum atomic E-state index is -4.68. The van der Waals surface area contributed by atoms with Crippen molar-refractivity contribution in [2.75, 3.05) is 0 Å². The quantitative estimate of drug-likeness (QED) is 0.252. The van der Waals surface area contributed by atoms with E-state index >= 15 is 0 Å². The second-order valence-corrected chi connectivity index (χ2v) is 6.53. The molecule has 2 heterocycles. The second kappa shape index (κ2) is 6.90. The summed E-state index contributed by atoms with van der Waals surface area (Å²) in [6, 6.07) is 11.1. The molecule has 0 saturated heterocycles. The van der Waals surface area contributed by atoms with Crippen molar-refractivity contribution in [2.24, 2.45) is 0 Å². The predicted molar refractivity (Wildman–Crippen MR) is 101 cm³/mol. The zero-order valence-electron chi connectivity index (χ0n) is 15.3. The van der Waals surface area contributed by atoms with Gasteiger partial charge in [-0.3, -0.25) is 10.1 Å². The van der Waals surface area contributed by atoms with Gasteiger partial charge < -0.3 is 0 Å². The normalized spacial score (nSPS) is 11.8. The van der Waals surface area contributed by atoms with Crippen LogP contribution in [0, 0.1) is 22.9 Å². The van der Waals surface area contributed by atoms with Gasteiger partial charge in [0.05, 0.1) is 32.9 Å². The van der Waals surface area contributed by atoms with Crippen molar-refractivity contribution < 1.29 is 22.5 Å². The molecule has 0 N–H and O–H groups in total. The predicted octanol–water partition coefficient (Wildman–Crippen LogP) is 5.46. The Balaban J connectivity index is 2.00. The highest BCUT2D eigenvalue weighted by Gasteiger charge is 2.35. The van der Waals surface area contributed by atoms with E-state index in [0.717, 1.165) is 18.2 Å². The van der Waals surface area contributed by atoms with Crippen LogP contribution in [0.3, 0.4) is 0 Å². The topological polar surface area (TPSA) is 73.8 Å². The molecule has 0 aliphatic heterocycles. The molecule has 10 heteroatoms. The molecule has 0 bridgehead atoms. The third-order valence-electron chi connectivity index (χ3n) is 4.56. The van der Waals surface area contributed by atoms with Gasteiger partial charge in [0, 0.05) is 17.7 Å². The summed E-state index contributed by atoms with van der Waals surface area (Å²) in [5, 5.41) is 14.9. The molecule has 6 nitrogen and oxygen atoms in total. The number of nitro groups is 1. The Hall–Kier alpha value is -3.82. The van der Waals surface area contributed by atoms with Crippen molar-refractivity contribution in [2.45, 2.75) is 13.1 Å². The van der Waals surface area contributed by atoms with E-state index in [2.05, 4.69) is 10.1 Å². The number of hydrogen-bond donors (Lipinski definition) is 0. The molecule has 2 aromatic carbocycles. The van der Waals surface area contributed by atoms with Crippen LogP contribution < -0.4 is 0 Å². The maximum atomic E-state index is 13.8. The lowest BCUT2D eigenvalue weighted by molar-refractivity contribution is -0.384. The van der Waals surface area contributed by atoms with Crippen molar-refractivity contribution in [3.05, 3.63) is 81.8 Å². The molecular formula is C20H12F4N4O2. The van der Waals surface area contributed by atoms with Crippen LogP contribution in [0.4, 0.5) is 23.2 Å². The van der Waals surface area contributed by atoms with Crippen LogP contribution in [0.15, 0.2) is 54.6 Å². The van der Waals surface area contributed by atoms with Crippen molar-refractivity contribution in [1.29, 1.82) is 0 Å². The summed E-state index contributed by atoms with van der Waals surface area (Å²) in [6.45, 7) is 1.43. The van der Waals surface area contributed by atoms with E-state index in [0.29, 0.717) is 11.3 Å². The number of alkyl halides is 3. The van der Waals surface area contributed by atoms with Gasteiger partial charge in [-0.15, -0.1) is 0 Å². The SMILES string of the molecule is Cc1nn(-c2ccc([N+](=O)[O-])cc2)c2nc(-c3ccc(F)cc3)cc(C(F)(F)F)c12. The van der Waals surface area contributed by atoms with E-state index in [9.17, 15) is 27.7 Å². The fraction of sp³-hybridized carbons (Fsp3) is 0.100.